The number of hydrogen-bond donors (Lipinski definition) is 1. The maximum Gasteiger partial charge on any atom is 0.414 e. The lowest BCUT2D eigenvalue weighted by atomic mass is 10.3. The normalized spacial score (nSPS) is 11.2. The molecule has 0 fully saturated rings. The Kier molecular flexibility index (Phi) is 4.08. The number of carbonyl (C=O) groups excluding carboxylic acids is 1. The molecule has 88 valence electrons. The molecule has 1 amide bonds. The highest BCUT2D eigenvalue weighted by molar-refractivity contribution is 6.29. The third-order valence-corrected chi connectivity index (χ3v) is 1.60. The van der Waals surface area contributed by atoms with Gasteiger partial charge in [0.2, 0.25) is 0 Å². The van der Waals surface area contributed by atoms with Crippen LogP contribution in [0.15, 0.2) is 18.3 Å². The topological polar surface area (TPSA) is 51.2 Å². The molecule has 0 unspecified atom stereocenters. The van der Waals surface area contributed by atoms with Crippen LogP contribution in [0, 0.1) is 0 Å². The van der Waals surface area contributed by atoms with E-state index in [1.54, 1.807) is 5.48 Å². The summed E-state index contributed by atoms with van der Waals surface area (Å²) in [6, 6.07) is 2.49. The van der Waals surface area contributed by atoms with Crippen LogP contribution in [0.1, 0.15) is 10.4 Å². The molecule has 1 heterocycles. The second-order valence-electron chi connectivity index (χ2n) is 2.70. The lowest BCUT2D eigenvalue weighted by molar-refractivity contribution is -0.184. The van der Waals surface area contributed by atoms with Gasteiger partial charge in [0, 0.05) is 11.8 Å². The van der Waals surface area contributed by atoms with Gasteiger partial charge in [-0.25, -0.2) is 10.5 Å². The first-order chi connectivity index (χ1) is 7.38. The van der Waals surface area contributed by atoms with Crippen LogP contribution in [0.25, 0.3) is 0 Å². The van der Waals surface area contributed by atoms with Gasteiger partial charge in [-0.1, -0.05) is 11.6 Å². The van der Waals surface area contributed by atoms with Gasteiger partial charge in [0.05, 0.1) is 0 Å². The summed E-state index contributed by atoms with van der Waals surface area (Å²) in [6.45, 7) is -1.56. The monoisotopic (exact) mass is 254 g/mol. The number of carbonyl (C=O) groups is 1. The summed E-state index contributed by atoms with van der Waals surface area (Å²) in [5, 5.41) is 0.0588. The average Bonchev–Trinajstić information content (AvgIpc) is 2.15. The van der Waals surface area contributed by atoms with E-state index in [0.717, 1.165) is 0 Å². The van der Waals surface area contributed by atoms with Crippen molar-refractivity contribution in [1.82, 2.24) is 10.5 Å². The zero-order chi connectivity index (χ0) is 12.2. The van der Waals surface area contributed by atoms with Crippen molar-refractivity contribution in [2.75, 3.05) is 6.61 Å². The third kappa shape index (κ3) is 4.45. The Bertz CT molecular complexity index is 384. The first kappa shape index (κ1) is 12.7. The van der Waals surface area contributed by atoms with Gasteiger partial charge in [-0.15, -0.1) is 0 Å². The molecule has 0 aliphatic heterocycles. The maximum atomic E-state index is 11.7. The molecule has 8 heteroatoms. The highest BCUT2D eigenvalue weighted by atomic mass is 35.5. The molecule has 0 saturated heterocycles. The molecule has 1 aromatic heterocycles. The van der Waals surface area contributed by atoms with Crippen molar-refractivity contribution in [1.29, 1.82) is 0 Å². The van der Waals surface area contributed by atoms with Gasteiger partial charge < -0.3 is 0 Å². The number of hydrogen-bond acceptors (Lipinski definition) is 3. The fraction of sp³-hybridized carbons (Fsp3) is 0.250. The summed E-state index contributed by atoms with van der Waals surface area (Å²) in [4.78, 5) is 18.8. The Balaban J connectivity index is 2.47. The fourth-order valence-electron chi connectivity index (χ4n) is 0.786. The minimum absolute atomic E-state index is 0.0576. The van der Waals surface area contributed by atoms with E-state index in [0.29, 0.717) is 0 Å². The second-order valence-corrected chi connectivity index (χ2v) is 3.09. The Morgan fingerprint density at radius 1 is 1.56 bits per heavy atom. The first-order valence-corrected chi connectivity index (χ1v) is 4.37. The maximum absolute atomic E-state index is 11.7. The summed E-state index contributed by atoms with van der Waals surface area (Å²) in [5.74, 6) is -0.825. The Hall–Kier alpha value is -1.34. The van der Waals surface area contributed by atoms with E-state index in [4.69, 9.17) is 11.6 Å². The van der Waals surface area contributed by atoms with Gasteiger partial charge in [0.15, 0.2) is 6.61 Å². The minimum atomic E-state index is -4.50. The van der Waals surface area contributed by atoms with Crippen molar-refractivity contribution in [2.45, 2.75) is 6.18 Å². The number of rotatable bonds is 3. The molecular weight excluding hydrogens is 249 g/mol. The standard InChI is InChI=1S/C8H6ClF3N2O2/c9-6-3-5(1-2-13-6)7(15)14-16-4-8(10,11)12/h1-3H,4H2,(H,14,15). The Morgan fingerprint density at radius 2 is 2.25 bits per heavy atom. The van der Waals surface area contributed by atoms with Crippen LogP contribution in [0.4, 0.5) is 13.2 Å². The molecule has 0 spiro atoms. The van der Waals surface area contributed by atoms with Crippen LogP contribution >= 0.6 is 11.6 Å². The molecule has 0 aromatic carbocycles. The van der Waals surface area contributed by atoms with E-state index in [-0.39, 0.29) is 10.7 Å². The van der Waals surface area contributed by atoms with Crippen molar-refractivity contribution >= 4 is 17.5 Å². The highest BCUT2D eigenvalue weighted by Crippen LogP contribution is 2.13. The highest BCUT2D eigenvalue weighted by Gasteiger charge is 2.28. The summed E-state index contributed by atoms with van der Waals surface area (Å²) in [6.07, 6.45) is -3.25. The SMILES string of the molecule is O=C(NOCC(F)(F)F)c1ccnc(Cl)c1. The molecule has 0 atom stereocenters. The fourth-order valence-corrected chi connectivity index (χ4v) is 0.960. The lowest BCUT2D eigenvalue weighted by Gasteiger charge is -2.08. The van der Waals surface area contributed by atoms with Crippen molar-refractivity contribution in [3.05, 3.63) is 29.0 Å². The zero-order valence-corrected chi connectivity index (χ0v) is 8.47. The van der Waals surface area contributed by atoms with Crippen LogP contribution in [0.3, 0.4) is 0 Å². The van der Waals surface area contributed by atoms with Crippen LogP contribution in [0.2, 0.25) is 5.15 Å². The molecule has 1 aromatic rings. The Morgan fingerprint density at radius 3 is 2.81 bits per heavy atom. The smallest absolute Gasteiger partial charge is 0.267 e. The number of hydroxylamine groups is 1. The molecule has 1 rings (SSSR count). The van der Waals surface area contributed by atoms with Crippen molar-refractivity contribution in [3.8, 4) is 0 Å². The quantitative estimate of drug-likeness (QED) is 0.663. The summed E-state index contributed by atoms with van der Waals surface area (Å²) in [5.41, 5.74) is 1.69. The molecule has 1 N–H and O–H groups in total. The lowest BCUT2D eigenvalue weighted by Crippen LogP contribution is -2.29. The number of pyridine rings is 1. The average molecular weight is 255 g/mol. The summed E-state index contributed by atoms with van der Waals surface area (Å²) >= 11 is 5.48. The molecular formula is C8H6ClF3N2O2. The number of aromatic nitrogens is 1. The molecule has 0 radical (unpaired) electrons. The van der Waals surface area contributed by atoms with Crippen molar-refractivity contribution in [3.63, 3.8) is 0 Å². The second kappa shape index (κ2) is 5.13. The molecule has 0 bridgehead atoms. The van der Waals surface area contributed by atoms with Gasteiger partial charge >= 0.3 is 6.18 Å². The largest absolute Gasteiger partial charge is 0.414 e. The van der Waals surface area contributed by atoms with Crippen LogP contribution < -0.4 is 5.48 Å². The molecule has 0 saturated carbocycles. The van der Waals surface area contributed by atoms with E-state index >= 15 is 0 Å². The van der Waals surface area contributed by atoms with Crippen LogP contribution in [0.5, 0.6) is 0 Å². The van der Waals surface area contributed by atoms with Gasteiger partial charge in [-0.3, -0.25) is 9.63 Å². The number of nitrogens with one attached hydrogen (secondary N) is 1. The van der Waals surface area contributed by atoms with E-state index in [1.807, 2.05) is 0 Å². The predicted molar refractivity (Wildman–Crippen MR) is 48.7 cm³/mol. The van der Waals surface area contributed by atoms with Crippen LogP contribution in [-0.2, 0) is 4.84 Å². The predicted octanol–water partition coefficient (Wildman–Crippen LogP) is 1.96. The van der Waals surface area contributed by atoms with E-state index < -0.39 is 18.7 Å². The number of alkyl halides is 3. The molecule has 4 nitrogen and oxygen atoms in total. The number of amides is 1. The molecule has 0 aliphatic rings. The van der Waals surface area contributed by atoms with Gasteiger partial charge in [-0.05, 0) is 12.1 Å². The van der Waals surface area contributed by atoms with Gasteiger partial charge in [0.25, 0.3) is 5.91 Å². The van der Waals surface area contributed by atoms with E-state index in [1.165, 1.54) is 18.3 Å². The third-order valence-electron chi connectivity index (χ3n) is 1.39. The Labute approximate surface area is 93.3 Å². The van der Waals surface area contributed by atoms with Gasteiger partial charge in [-0.2, -0.15) is 13.2 Å². The van der Waals surface area contributed by atoms with E-state index in [2.05, 4.69) is 9.82 Å². The first-order valence-electron chi connectivity index (χ1n) is 3.99. The number of nitrogens with zero attached hydrogens (tertiary/aromatic N) is 1. The van der Waals surface area contributed by atoms with E-state index in [9.17, 15) is 18.0 Å². The summed E-state index contributed by atoms with van der Waals surface area (Å²) in [7, 11) is 0. The van der Waals surface area contributed by atoms with Crippen molar-refractivity contribution < 1.29 is 22.8 Å². The zero-order valence-electron chi connectivity index (χ0n) is 7.71. The number of halogens is 4. The molecule has 16 heavy (non-hydrogen) atoms. The summed E-state index contributed by atoms with van der Waals surface area (Å²) < 4.78 is 35.0. The molecule has 0 aliphatic carbocycles. The van der Waals surface area contributed by atoms with Crippen molar-refractivity contribution in [2.24, 2.45) is 0 Å². The minimum Gasteiger partial charge on any atom is -0.267 e. The van der Waals surface area contributed by atoms with Gasteiger partial charge in [0.1, 0.15) is 5.15 Å². The van der Waals surface area contributed by atoms with Crippen LogP contribution in [-0.4, -0.2) is 23.7 Å².